The molecule has 2 aromatic heterocycles. The topological polar surface area (TPSA) is 157 Å². The summed E-state index contributed by atoms with van der Waals surface area (Å²) in [5.41, 5.74) is 2.37. The van der Waals surface area contributed by atoms with E-state index in [0.717, 1.165) is 31.5 Å². The van der Waals surface area contributed by atoms with Crippen LogP contribution in [0.1, 0.15) is 37.2 Å². The van der Waals surface area contributed by atoms with Gasteiger partial charge in [0.2, 0.25) is 5.88 Å². The van der Waals surface area contributed by atoms with Gasteiger partial charge in [-0.05, 0) is 50.6 Å². The number of ether oxygens (including phenoxy) is 1. The molecule has 2 aliphatic rings. The molecule has 2 amide bonds. The van der Waals surface area contributed by atoms with Crippen LogP contribution < -0.4 is 20.3 Å². The molecule has 4 rings (SSSR count). The first-order valence-corrected chi connectivity index (χ1v) is 12.4. The zero-order chi connectivity index (χ0) is 26.8. The second-order valence-electron chi connectivity index (χ2n) is 8.61. The molecule has 200 valence electrons. The highest BCUT2D eigenvalue weighted by molar-refractivity contribution is 5.99. The number of piperazine rings is 1. The fraction of sp³-hybridized carbons (Fsp3) is 0.480. The highest BCUT2D eigenvalue weighted by Crippen LogP contribution is 2.31. The lowest BCUT2D eigenvalue weighted by Gasteiger charge is -2.42. The molecule has 2 saturated heterocycles. The number of rotatable bonds is 7. The average molecular weight is 515 g/mol. The highest BCUT2D eigenvalue weighted by atomic mass is 16.5. The summed E-state index contributed by atoms with van der Waals surface area (Å²) in [6, 6.07) is 7.48. The molecule has 12 nitrogen and oxygen atoms in total. The van der Waals surface area contributed by atoms with Gasteiger partial charge in [0, 0.05) is 44.5 Å². The largest absolute Gasteiger partial charge is 0.483 e. The van der Waals surface area contributed by atoms with E-state index in [0.29, 0.717) is 49.2 Å². The second kappa shape index (κ2) is 13.4. The summed E-state index contributed by atoms with van der Waals surface area (Å²) >= 11 is 0. The number of carbonyl (C=O) groups excluding carboxylic acids is 1. The molecular weight excluding hydrogens is 480 g/mol. The number of hydrogen-bond acceptors (Lipinski definition) is 8. The molecule has 2 aromatic rings. The maximum atomic E-state index is 13.4. The van der Waals surface area contributed by atoms with E-state index in [-0.39, 0.29) is 24.5 Å². The fourth-order valence-electron chi connectivity index (χ4n) is 4.57. The van der Waals surface area contributed by atoms with Crippen molar-refractivity contribution >= 4 is 24.2 Å². The quantitative estimate of drug-likeness (QED) is 0.402. The zero-order valence-electron chi connectivity index (χ0n) is 21.1. The molecule has 12 heteroatoms. The average Bonchev–Trinajstić information content (AvgIpc) is 3.42. The van der Waals surface area contributed by atoms with Gasteiger partial charge in [-0.2, -0.15) is 0 Å². The first kappa shape index (κ1) is 27.7. The summed E-state index contributed by atoms with van der Waals surface area (Å²) in [6.07, 6.45) is 2.36. The van der Waals surface area contributed by atoms with Gasteiger partial charge in [-0.15, -0.1) is 0 Å². The molecule has 37 heavy (non-hydrogen) atoms. The summed E-state index contributed by atoms with van der Waals surface area (Å²) in [5, 5.41) is 22.7. The Bertz CT molecular complexity index is 1080. The van der Waals surface area contributed by atoms with E-state index in [9.17, 15) is 14.7 Å². The monoisotopic (exact) mass is 514 g/mol. The van der Waals surface area contributed by atoms with Crippen LogP contribution in [0.4, 0.5) is 10.5 Å². The molecule has 0 aliphatic carbocycles. The smallest absolute Gasteiger partial charge is 0.407 e. The molecule has 0 aromatic carbocycles. The van der Waals surface area contributed by atoms with Crippen LogP contribution in [-0.4, -0.2) is 95.0 Å². The zero-order valence-corrected chi connectivity index (χ0v) is 21.1. The molecule has 4 heterocycles. The van der Waals surface area contributed by atoms with Gasteiger partial charge in [-0.3, -0.25) is 9.59 Å². The first-order chi connectivity index (χ1) is 17.9. The van der Waals surface area contributed by atoms with Crippen molar-refractivity contribution in [2.75, 3.05) is 44.2 Å². The molecule has 4 N–H and O–H groups in total. The molecule has 2 atom stereocenters. The minimum atomic E-state index is -0.918. The van der Waals surface area contributed by atoms with Crippen molar-refractivity contribution in [2.24, 2.45) is 0 Å². The summed E-state index contributed by atoms with van der Waals surface area (Å²) in [6.45, 7) is 6.99. The van der Waals surface area contributed by atoms with Crippen LogP contribution >= 0.6 is 0 Å². The number of aromatic nitrogens is 2. The third-order valence-electron chi connectivity index (χ3n) is 6.35. The number of hydrogen-bond donors (Lipinski definition) is 4. The van der Waals surface area contributed by atoms with E-state index >= 15 is 0 Å². The number of nitrogens with one attached hydrogen (secondary N) is 2. The standard InChI is InChI=1S/C24H32N6O4.CH2O2/c1-3-17-15-29(24(32)33)12-13-30(17)20-8-7-19(18-6-5-10-26-23(18)34-4-2)28-21(20)22(31)27-16-9-11-25-14-16;2-1-3/h5-8,10,16-17,25H,3-4,9,11-15H2,1-2H3,(H,27,31)(H,32,33);1H,(H,2,3)/t16-,17-;/m1./s1. The third kappa shape index (κ3) is 6.85. The van der Waals surface area contributed by atoms with Crippen molar-refractivity contribution in [2.45, 2.75) is 38.8 Å². The van der Waals surface area contributed by atoms with Gasteiger partial charge in [-0.1, -0.05) is 6.92 Å². The number of nitrogens with zero attached hydrogens (tertiary/aromatic N) is 4. The lowest BCUT2D eigenvalue weighted by molar-refractivity contribution is -0.122. The SMILES string of the molecule is CCOc1ncccc1-c1ccc(N2CCN(C(=O)O)C[C@H]2CC)c(C(=O)N[C@@H]2CCNC2)n1.O=CO. The Labute approximate surface area is 215 Å². The summed E-state index contributed by atoms with van der Waals surface area (Å²) < 4.78 is 5.68. The summed E-state index contributed by atoms with van der Waals surface area (Å²) in [5.74, 6) is 0.237. The molecule has 0 bridgehead atoms. The Hall–Kier alpha value is -3.93. The number of pyridine rings is 2. The second-order valence-corrected chi connectivity index (χ2v) is 8.61. The van der Waals surface area contributed by atoms with E-state index in [1.165, 1.54) is 4.90 Å². The summed E-state index contributed by atoms with van der Waals surface area (Å²) in [4.78, 5) is 46.0. The lowest BCUT2D eigenvalue weighted by Crippen LogP contribution is -2.55. The van der Waals surface area contributed by atoms with Crippen LogP contribution in [0.5, 0.6) is 5.88 Å². The number of amides is 2. The molecule has 0 radical (unpaired) electrons. The summed E-state index contributed by atoms with van der Waals surface area (Å²) in [7, 11) is 0. The Morgan fingerprint density at radius 3 is 2.70 bits per heavy atom. The van der Waals surface area contributed by atoms with E-state index in [1.54, 1.807) is 6.20 Å². The minimum Gasteiger partial charge on any atom is -0.483 e. The van der Waals surface area contributed by atoms with Gasteiger partial charge in [0.1, 0.15) is 0 Å². The van der Waals surface area contributed by atoms with E-state index in [1.807, 2.05) is 38.1 Å². The number of carboxylic acid groups (broad SMARTS) is 2. The van der Waals surface area contributed by atoms with Crippen molar-refractivity contribution < 1.29 is 29.3 Å². The maximum Gasteiger partial charge on any atom is 0.407 e. The number of anilines is 1. The normalized spacial score (nSPS) is 19.0. The van der Waals surface area contributed by atoms with Crippen LogP contribution in [0.2, 0.25) is 0 Å². The fourth-order valence-corrected chi connectivity index (χ4v) is 4.57. The molecular formula is C25H34N6O6. The molecule has 0 saturated carbocycles. The molecule has 2 fully saturated rings. The van der Waals surface area contributed by atoms with Crippen LogP contribution in [0, 0.1) is 0 Å². The predicted octanol–water partition coefficient (Wildman–Crippen LogP) is 1.91. The van der Waals surface area contributed by atoms with Crippen molar-refractivity contribution in [1.29, 1.82) is 0 Å². The van der Waals surface area contributed by atoms with Crippen molar-refractivity contribution in [3.05, 3.63) is 36.2 Å². The van der Waals surface area contributed by atoms with E-state index < -0.39 is 6.09 Å². The van der Waals surface area contributed by atoms with Gasteiger partial charge in [-0.25, -0.2) is 14.8 Å². The Kier molecular flexibility index (Phi) is 10.0. The van der Waals surface area contributed by atoms with Gasteiger partial charge in [0.05, 0.1) is 23.6 Å². The van der Waals surface area contributed by atoms with Crippen molar-refractivity contribution in [1.82, 2.24) is 25.5 Å². The Morgan fingerprint density at radius 2 is 2.05 bits per heavy atom. The van der Waals surface area contributed by atoms with Gasteiger partial charge >= 0.3 is 6.09 Å². The predicted molar refractivity (Wildman–Crippen MR) is 137 cm³/mol. The van der Waals surface area contributed by atoms with Gasteiger partial charge in [0.25, 0.3) is 12.4 Å². The van der Waals surface area contributed by atoms with Gasteiger partial charge < -0.3 is 35.4 Å². The third-order valence-corrected chi connectivity index (χ3v) is 6.35. The van der Waals surface area contributed by atoms with Gasteiger partial charge in [0.15, 0.2) is 5.69 Å². The minimum absolute atomic E-state index is 0.0467. The lowest BCUT2D eigenvalue weighted by atomic mass is 10.1. The maximum absolute atomic E-state index is 13.4. The van der Waals surface area contributed by atoms with Crippen molar-refractivity contribution in [3.63, 3.8) is 0 Å². The first-order valence-electron chi connectivity index (χ1n) is 12.4. The Balaban J connectivity index is 0.00000121. The molecule has 2 aliphatic heterocycles. The molecule has 0 unspecified atom stereocenters. The van der Waals surface area contributed by atoms with Crippen LogP contribution in [0.15, 0.2) is 30.5 Å². The Morgan fingerprint density at radius 1 is 1.27 bits per heavy atom. The highest BCUT2D eigenvalue weighted by Gasteiger charge is 2.32. The van der Waals surface area contributed by atoms with Crippen molar-refractivity contribution in [3.8, 4) is 17.1 Å². The number of carbonyl (C=O) groups is 3. The van der Waals surface area contributed by atoms with Crippen LogP contribution in [0.3, 0.4) is 0 Å². The van der Waals surface area contributed by atoms with Crippen LogP contribution in [0.25, 0.3) is 11.3 Å². The van der Waals surface area contributed by atoms with E-state index in [2.05, 4.69) is 20.5 Å². The van der Waals surface area contributed by atoms with E-state index in [4.69, 9.17) is 19.6 Å². The molecule has 0 spiro atoms. The van der Waals surface area contributed by atoms with Crippen LogP contribution in [-0.2, 0) is 4.79 Å².